The van der Waals surface area contributed by atoms with Crippen molar-refractivity contribution in [3.63, 3.8) is 0 Å². The van der Waals surface area contributed by atoms with Crippen LogP contribution in [0.5, 0.6) is 5.75 Å². The van der Waals surface area contributed by atoms with E-state index in [2.05, 4.69) is 63.4 Å². The van der Waals surface area contributed by atoms with Gasteiger partial charge in [0.2, 0.25) is 0 Å². The summed E-state index contributed by atoms with van der Waals surface area (Å²) in [5.74, 6) is 0.994. The number of hydrogen-bond donors (Lipinski definition) is 1. The Morgan fingerprint density at radius 1 is 1.25 bits per heavy atom. The van der Waals surface area contributed by atoms with Crippen molar-refractivity contribution in [3.8, 4) is 5.75 Å². The van der Waals surface area contributed by atoms with Crippen molar-refractivity contribution in [2.24, 2.45) is 0 Å². The smallest absolute Gasteiger partial charge is 0.124 e. The first-order chi connectivity index (χ1) is 11.7. The van der Waals surface area contributed by atoms with Gasteiger partial charge in [-0.3, -0.25) is 4.90 Å². The van der Waals surface area contributed by atoms with Crippen molar-refractivity contribution >= 4 is 27.3 Å². The number of hydrogen-bond acceptors (Lipinski definition) is 4. The Kier molecular flexibility index (Phi) is 6.33. The number of ether oxygens (including phenoxy) is 1. The molecule has 0 spiro atoms. The second-order valence-corrected chi connectivity index (χ2v) is 8.34. The van der Waals surface area contributed by atoms with Gasteiger partial charge in [0.1, 0.15) is 5.75 Å². The van der Waals surface area contributed by atoms with E-state index in [-0.39, 0.29) is 6.04 Å². The summed E-state index contributed by atoms with van der Waals surface area (Å²) in [5, 5.41) is 3.51. The van der Waals surface area contributed by atoms with Crippen LogP contribution < -0.4 is 10.1 Å². The van der Waals surface area contributed by atoms with Crippen LogP contribution in [0.1, 0.15) is 34.7 Å². The Labute approximate surface area is 157 Å². The Balaban J connectivity index is 2.05. The van der Waals surface area contributed by atoms with Gasteiger partial charge in [-0.05, 0) is 57.1 Å². The van der Waals surface area contributed by atoms with E-state index in [1.807, 2.05) is 18.3 Å². The van der Waals surface area contributed by atoms with Crippen molar-refractivity contribution in [1.29, 1.82) is 0 Å². The largest absolute Gasteiger partial charge is 0.494 e. The number of halogens is 1. The third kappa shape index (κ3) is 4.20. The lowest BCUT2D eigenvalue weighted by Gasteiger charge is -2.31. The summed E-state index contributed by atoms with van der Waals surface area (Å²) in [6.45, 7) is 9.21. The zero-order valence-corrected chi connectivity index (χ0v) is 16.8. The molecule has 0 amide bonds. The minimum Gasteiger partial charge on any atom is -0.494 e. The molecular formula is C19H25BrN2OS. The summed E-state index contributed by atoms with van der Waals surface area (Å²) < 4.78 is 7.07. The van der Waals surface area contributed by atoms with Crippen molar-refractivity contribution in [3.05, 3.63) is 50.1 Å². The minimum atomic E-state index is 0.252. The molecule has 1 aromatic carbocycles. The molecule has 0 saturated carbocycles. The average molecular weight is 409 g/mol. The maximum Gasteiger partial charge on any atom is 0.124 e. The lowest BCUT2D eigenvalue weighted by Crippen LogP contribution is -2.32. The average Bonchev–Trinajstić information content (AvgIpc) is 2.82. The Morgan fingerprint density at radius 3 is 2.88 bits per heavy atom. The number of aryl methyl sites for hydroxylation is 1. The van der Waals surface area contributed by atoms with E-state index < -0.39 is 0 Å². The van der Waals surface area contributed by atoms with Gasteiger partial charge >= 0.3 is 0 Å². The molecule has 24 heavy (non-hydrogen) atoms. The molecule has 1 saturated heterocycles. The summed E-state index contributed by atoms with van der Waals surface area (Å²) in [4.78, 5) is 5.35. The second kappa shape index (κ2) is 8.48. The second-order valence-electron chi connectivity index (χ2n) is 6.11. The van der Waals surface area contributed by atoms with E-state index in [1.165, 1.54) is 21.7 Å². The normalized spacial score (nSPS) is 17.5. The quantitative estimate of drug-likeness (QED) is 0.781. The van der Waals surface area contributed by atoms with E-state index in [9.17, 15) is 0 Å². The zero-order chi connectivity index (χ0) is 16.9. The van der Waals surface area contributed by atoms with E-state index in [0.29, 0.717) is 6.61 Å². The van der Waals surface area contributed by atoms with Crippen LogP contribution in [-0.2, 0) is 0 Å². The Bertz CT molecular complexity index is 665. The van der Waals surface area contributed by atoms with Crippen LogP contribution in [0.2, 0.25) is 0 Å². The van der Waals surface area contributed by atoms with Crippen molar-refractivity contribution in [2.45, 2.75) is 26.3 Å². The van der Waals surface area contributed by atoms with Crippen LogP contribution in [0.3, 0.4) is 0 Å². The third-order valence-electron chi connectivity index (χ3n) is 4.34. The molecule has 0 aliphatic carbocycles. The molecule has 5 heteroatoms. The van der Waals surface area contributed by atoms with Crippen molar-refractivity contribution in [2.75, 3.05) is 32.8 Å². The molecular weight excluding hydrogens is 384 g/mol. The van der Waals surface area contributed by atoms with E-state index >= 15 is 0 Å². The number of nitrogens with one attached hydrogen (secondary N) is 1. The molecule has 0 radical (unpaired) electrons. The highest BCUT2D eigenvalue weighted by Crippen LogP contribution is 2.39. The van der Waals surface area contributed by atoms with E-state index in [4.69, 9.17) is 4.74 Å². The highest BCUT2D eigenvalue weighted by molar-refractivity contribution is 9.10. The maximum absolute atomic E-state index is 5.96. The molecule has 1 aliphatic rings. The summed E-state index contributed by atoms with van der Waals surface area (Å²) in [6, 6.07) is 11.1. The fourth-order valence-corrected chi connectivity index (χ4v) is 4.69. The topological polar surface area (TPSA) is 24.5 Å². The van der Waals surface area contributed by atoms with E-state index in [1.54, 1.807) is 0 Å². The predicted molar refractivity (Wildman–Crippen MR) is 105 cm³/mol. The predicted octanol–water partition coefficient (Wildman–Crippen LogP) is 4.60. The molecule has 3 nitrogen and oxygen atoms in total. The fourth-order valence-electron chi connectivity index (χ4n) is 3.28. The molecule has 130 valence electrons. The van der Waals surface area contributed by atoms with E-state index in [0.717, 1.165) is 36.4 Å². The number of rotatable bonds is 5. The lowest BCUT2D eigenvalue weighted by atomic mass is 10.0. The van der Waals surface area contributed by atoms with Gasteiger partial charge in [-0.15, -0.1) is 11.3 Å². The Morgan fingerprint density at radius 2 is 2.12 bits per heavy atom. The number of thiophene rings is 1. The van der Waals surface area contributed by atoms with Gasteiger partial charge in [-0.25, -0.2) is 0 Å². The zero-order valence-electron chi connectivity index (χ0n) is 14.3. The van der Waals surface area contributed by atoms with Crippen LogP contribution in [0, 0.1) is 6.92 Å². The molecule has 1 atom stereocenters. The van der Waals surface area contributed by atoms with Gasteiger partial charge in [-0.1, -0.05) is 15.9 Å². The van der Waals surface area contributed by atoms with Gasteiger partial charge in [0.25, 0.3) is 0 Å². The van der Waals surface area contributed by atoms with Crippen LogP contribution in [0.4, 0.5) is 0 Å². The summed E-state index contributed by atoms with van der Waals surface area (Å²) >= 11 is 5.54. The van der Waals surface area contributed by atoms with Gasteiger partial charge in [0.05, 0.1) is 12.6 Å². The van der Waals surface area contributed by atoms with Gasteiger partial charge in [0, 0.05) is 39.4 Å². The van der Waals surface area contributed by atoms with Crippen LogP contribution >= 0.6 is 27.3 Å². The highest BCUT2D eigenvalue weighted by atomic mass is 79.9. The molecule has 1 aromatic heterocycles. The molecule has 0 bridgehead atoms. The Hall–Kier alpha value is -0.880. The van der Waals surface area contributed by atoms with Gasteiger partial charge < -0.3 is 10.1 Å². The molecule has 2 aromatic rings. The fraction of sp³-hybridized carbons (Fsp3) is 0.474. The minimum absolute atomic E-state index is 0.252. The van der Waals surface area contributed by atoms with Crippen LogP contribution in [0.15, 0.2) is 34.8 Å². The first-order valence-electron chi connectivity index (χ1n) is 8.62. The first-order valence-corrected chi connectivity index (χ1v) is 10.2. The number of benzene rings is 1. The molecule has 1 aliphatic heterocycles. The highest BCUT2D eigenvalue weighted by Gasteiger charge is 2.27. The van der Waals surface area contributed by atoms with Crippen molar-refractivity contribution < 1.29 is 4.74 Å². The van der Waals surface area contributed by atoms with Crippen molar-refractivity contribution in [1.82, 2.24) is 10.2 Å². The standard InChI is InChI=1S/C19H25BrN2OS/c1-3-23-17-7-6-15(20)13-16(17)19(18-8-5-14(2)24-18)22-11-4-9-21-10-12-22/h5-8,13,19,21H,3-4,9-12H2,1-2H3. The van der Waals surface area contributed by atoms with Gasteiger partial charge in [0.15, 0.2) is 0 Å². The number of nitrogens with zero attached hydrogens (tertiary/aromatic N) is 1. The van der Waals surface area contributed by atoms with Gasteiger partial charge in [-0.2, -0.15) is 0 Å². The maximum atomic E-state index is 5.96. The first kappa shape index (κ1) is 17.9. The summed E-state index contributed by atoms with van der Waals surface area (Å²) in [6.07, 6.45) is 1.18. The lowest BCUT2D eigenvalue weighted by molar-refractivity contribution is 0.236. The third-order valence-corrected chi connectivity index (χ3v) is 5.88. The summed E-state index contributed by atoms with van der Waals surface area (Å²) in [5.41, 5.74) is 1.26. The van der Waals surface area contributed by atoms with Crippen LogP contribution in [0.25, 0.3) is 0 Å². The molecule has 1 fully saturated rings. The monoisotopic (exact) mass is 408 g/mol. The van der Waals surface area contributed by atoms with Crippen LogP contribution in [-0.4, -0.2) is 37.7 Å². The summed E-state index contributed by atoms with van der Waals surface area (Å²) in [7, 11) is 0. The SMILES string of the molecule is CCOc1ccc(Br)cc1C(c1ccc(C)s1)N1CCCNCC1. The molecule has 1 N–H and O–H groups in total. The molecule has 1 unspecified atom stereocenters. The molecule has 3 rings (SSSR count). The molecule has 2 heterocycles.